The maximum Gasteiger partial charge on any atom is 0.339 e. The minimum Gasteiger partial charge on any atom is -0.478 e. The van der Waals surface area contributed by atoms with Gasteiger partial charge in [-0.05, 0) is 13.8 Å². The third-order valence-corrected chi connectivity index (χ3v) is 1.98. The van der Waals surface area contributed by atoms with E-state index in [1.165, 1.54) is 6.20 Å². The van der Waals surface area contributed by atoms with Gasteiger partial charge in [0, 0.05) is 6.20 Å². The molecule has 1 aromatic rings. The lowest BCUT2D eigenvalue weighted by Gasteiger charge is -2.10. The molecule has 1 unspecified atom stereocenters. The molecule has 0 aliphatic carbocycles. The van der Waals surface area contributed by atoms with Gasteiger partial charge in [-0.15, -0.1) is 0 Å². The molecule has 86 valence electrons. The molecular formula is C9H12N4O3. The number of aromatic nitrogens is 2. The highest BCUT2D eigenvalue weighted by atomic mass is 16.4. The lowest BCUT2D eigenvalue weighted by molar-refractivity contribution is -0.118. The maximum atomic E-state index is 10.8. The number of aryl methyl sites for hydroxylation is 1. The van der Waals surface area contributed by atoms with Crippen LogP contribution in [-0.2, 0) is 4.79 Å². The molecule has 1 rings (SSSR count). The summed E-state index contributed by atoms with van der Waals surface area (Å²) in [6, 6.07) is -0.616. The maximum absolute atomic E-state index is 10.8. The number of primary amides is 1. The first kappa shape index (κ1) is 11.9. The average molecular weight is 224 g/mol. The Morgan fingerprint density at radius 3 is 2.62 bits per heavy atom. The SMILES string of the molecule is Cc1nc(NC(C)C(N)=O)ncc1C(=O)O. The van der Waals surface area contributed by atoms with E-state index in [1.54, 1.807) is 13.8 Å². The fourth-order valence-corrected chi connectivity index (χ4v) is 1.01. The molecule has 0 fully saturated rings. The molecule has 1 heterocycles. The fourth-order valence-electron chi connectivity index (χ4n) is 1.01. The fraction of sp³-hybridized carbons (Fsp3) is 0.333. The third-order valence-electron chi connectivity index (χ3n) is 1.98. The molecule has 0 saturated carbocycles. The highest BCUT2D eigenvalue weighted by molar-refractivity contribution is 5.88. The number of hydrogen-bond donors (Lipinski definition) is 3. The molecule has 0 aliphatic heterocycles. The predicted octanol–water partition coefficient (Wildman–Crippen LogP) is -0.231. The van der Waals surface area contributed by atoms with E-state index in [-0.39, 0.29) is 11.5 Å². The number of carboxylic acid groups (broad SMARTS) is 1. The second-order valence-electron chi connectivity index (χ2n) is 3.27. The summed E-state index contributed by atoms with van der Waals surface area (Å²) in [4.78, 5) is 29.1. The van der Waals surface area contributed by atoms with Crippen LogP contribution in [-0.4, -0.2) is 33.0 Å². The number of aromatic carboxylic acids is 1. The second kappa shape index (κ2) is 4.56. The van der Waals surface area contributed by atoms with Crippen LogP contribution < -0.4 is 11.1 Å². The first-order chi connectivity index (χ1) is 7.41. The van der Waals surface area contributed by atoms with Crippen molar-refractivity contribution in [2.75, 3.05) is 5.32 Å². The van der Waals surface area contributed by atoms with Crippen LogP contribution in [0.4, 0.5) is 5.95 Å². The standard InChI is InChI=1S/C9H12N4O3/c1-4-6(8(15)16)3-11-9(12-4)13-5(2)7(10)14/h3,5H,1-2H3,(H2,10,14)(H,15,16)(H,11,12,13). The molecule has 7 nitrogen and oxygen atoms in total. The predicted molar refractivity (Wildman–Crippen MR) is 56.0 cm³/mol. The van der Waals surface area contributed by atoms with Gasteiger partial charge in [0.25, 0.3) is 0 Å². The van der Waals surface area contributed by atoms with Gasteiger partial charge in [0.05, 0.1) is 11.3 Å². The topological polar surface area (TPSA) is 118 Å². The minimum atomic E-state index is -1.09. The molecule has 0 aliphatic rings. The summed E-state index contributed by atoms with van der Waals surface area (Å²) in [7, 11) is 0. The Morgan fingerprint density at radius 2 is 2.19 bits per heavy atom. The van der Waals surface area contributed by atoms with Gasteiger partial charge >= 0.3 is 5.97 Å². The minimum absolute atomic E-state index is 0.0253. The summed E-state index contributed by atoms with van der Waals surface area (Å²) in [6.07, 6.45) is 1.18. The van der Waals surface area contributed by atoms with Crippen molar-refractivity contribution in [3.05, 3.63) is 17.5 Å². The van der Waals surface area contributed by atoms with Crippen LogP contribution in [0.5, 0.6) is 0 Å². The van der Waals surface area contributed by atoms with E-state index in [4.69, 9.17) is 10.8 Å². The van der Waals surface area contributed by atoms with Crippen molar-refractivity contribution in [1.29, 1.82) is 0 Å². The molecule has 0 radical (unpaired) electrons. The number of nitrogens with zero attached hydrogens (tertiary/aromatic N) is 2. The van der Waals surface area contributed by atoms with Crippen LogP contribution >= 0.6 is 0 Å². The zero-order valence-corrected chi connectivity index (χ0v) is 8.89. The number of anilines is 1. The van der Waals surface area contributed by atoms with Gasteiger partial charge in [-0.1, -0.05) is 0 Å². The van der Waals surface area contributed by atoms with Crippen LogP contribution in [0.1, 0.15) is 23.0 Å². The van der Waals surface area contributed by atoms with Crippen LogP contribution in [0, 0.1) is 6.92 Å². The lowest BCUT2D eigenvalue weighted by Crippen LogP contribution is -2.33. The zero-order chi connectivity index (χ0) is 12.3. The Balaban J connectivity index is 2.89. The van der Waals surface area contributed by atoms with Crippen LogP contribution in [0.2, 0.25) is 0 Å². The van der Waals surface area contributed by atoms with E-state index in [1.807, 2.05) is 0 Å². The monoisotopic (exact) mass is 224 g/mol. The largest absolute Gasteiger partial charge is 0.478 e. The second-order valence-corrected chi connectivity index (χ2v) is 3.27. The Hall–Kier alpha value is -2.18. The number of carbonyl (C=O) groups is 2. The van der Waals surface area contributed by atoms with E-state index in [2.05, 4.69) is 15.3 Å². The first-order valence-electron chi connectivity index (χ1n) is 4.54. The van der Waals surface area contributed by atoms with Crippen LogP contribution in [0.25, 0.3) is 0 Å². The number of nitrogens with one attached hydrogen (secondary N) is 1. The lowest BCUT2D eigenvalue weighted by atomic mass is 10.2. The smallest absolute Gasteiger partial charge is 0.339 e. The molecule has 0 saturated heterocycles. The highest BCUT2D eigenvalue weighted by Gasteiger charge is 2.13. The van der Waals surface area contributed by atoms with Gasteiger partial charge in [-0.25, -0.2) is 14.8 Å². The molecular weight excluding hydrogens is 212 g/mol. The van der Waals surface area contributed by atoms with Crippen LogP contribution in [0.3, 0.4) is 0 Å². The number of amides is 1. The Labute approximate surface area is 91.7 Å². The van der Waals surface area contributed by atoms with Gasteiger partial charge in [0.2, 0.25) is 11.9 Å². The average Bonchev–Trinajstić information content (AvgIpc) is 2.16. The molecule has 1 atom stereocenters. The van der Waals surface area contributed by atoms with Crippen molar-refractivity contribution >= 4 is 17.8 Å². The summed E-state index contributed by atoms with van der Waals surface area (Å²) in [5.41, 5.74) is 5.40. The molecule has 7 heteroatoms. The van der Waals surface area contributed by atoms with Crippen LogP contribution in [0.15, 0.2) is 6.20 Å². The first-order valence-corrected chi connectivity index (χ1v) is 4.54. The van der Waals surface area contributed by atoms with E-state index in [9.17, 15) is 9.59 Å². The zero-order valence-electron chi connectivity index (χ0n) is 8.89. The van der Waals surface area contributed by atoms with Gasteiger partial charge in [0.1, 0.15) is 6.04 Å². The normalized spacial score (nSPS) is 11.9. The summed E-state index contributed by atoms with van der Waals surface area (Å²) >= 11 is 0. The number of rotatable bonds is 4. The molecule has 4 N–H and O–H groups in total. The van der Waals surface area contributed by atoms with Crippen molar-refractivity contribution < 1.29 is 14.7 Å². The van der Waals surface area contributed by atoms with Gasteiger partial charge in [-0.2, -0.15) is 0 Å². The summed E-state index contributed by atoms with van der Waals surface area (Å²) in [6.45, 7) is 3.11. The number of nitrogens with two attached hydrogens (primary N) is 1. The van der Waals surface area contributed by atoms with E-state index >= 15 is 0 Å². The quantitative estimate of drug-likeness (QED) is 0.650. The molecule has 1 amide bonds. The Morgan fingerprint density at radius 1 is 1.56 bits per heavy atom. The summed E-state index contributed by atoms with van der Waals surface area (Å²) < 4.78 is 0. The van der Waals surface area contributed by atoms with Crippen molar-refractivity contribution in [1.82, 2.24) is 9.97 Å². The van der Waals surface area contributed by atoms with Gasteiger partial charge in [0.15, 0.2) is 0 Å². The molecule has 16 heavy (non-hydrogen) atoms. The van der Waals surface area contributed by atoms with E-state index in [0.717, 1.165) is 0 Å². The van der Waals surface area contributed by atoms with Gasteiger partial charge in [-0.3, -0.25) is 4.79 Å². The molecule has 1 aromatic heterocycles. The third kappa shape index (κ3) is 2.66. The Kier molecular flexibility index (Phi) is 3.39. The highest BCUT2D eigenvalue weighted by Crippen LogP contribution is 2.07. The molecule has 0 spiro atoms. The number of hydrogen-bond acceptors (Lipinski definition) is 5. The summed E-state index contributed by atoms with van der Waals surface area (Å²) in [5, 5.41) is 11.4. The van der Waals surface area contributed by atoms with Gasteiger partial charge < -0.3 is 16.2 Å². The van der Waals surface area contributed by atoms with Crippen molar-refractivity contribution in [2.24, 2.45) is 5.73 Å². The number of carboxylic acids is 1. The molecule has 0 bridgehead atoms. The molecule has 0 aromatic carbocycles. The van der Waals surface area contributed by atoms with E-state index in [0.29, 0.717) is 5.69 Å². The summed E-state index contributed by atoms with van der Waals surface area (Å²) in [5.74, 6) is -1.45. The van der Waals surface area contributed by atoms with E-state index < -0.39 is 17.9 Å². The van der Waals surface area contributed by atoms with Crippen molar-refractivity contribution in [2.45, 2.75) is 19.9 Å². The Bertz CT molecular complexity index is 433. The van der Waals surface area contributed by atoms with Crippen molar-refractivity contribution in [3.8, 4) is 0 Å². The number of carbonyl (C=O) groups excluding carboxylic acids is 1. The van der Waals surface area contributed by atoms with Crippen molar-refractivity contribution in [3.63, 3.8) is 0 Å².